The second kappa shape index (κ2) is 4.06. The van der Waals surface area contributed by atoms with Crippen molar-refractivity contribution in [3.63, 3.8) is 0 Å². The first-order valence-corrected chi connectivity index (χ1v) is 6.40. The van der Waals surface area contributed by atoms with E-state index in [1.54, 1.807) is 0 Å². The van der Waals surface area contributed by atoms with E-state index in [4.69, 9.17) is 10.5 Å². The van der Waals surface area contributed by atoms with Crippen molar-refractivity contribution in [3.8, 4) is 0 Å². The van der Waals surface area contributed by atoms with Gasteiger partial charge in [-0.15, -0.1) is 0 Å². The minimum Gasteiger partial charge on any atom is -0.380 e. The molecule has 0 aromatic rings. The highest BCUT2D eigenvalue weighted by atomic mass is 16.5. The Balaban J connectivity index is 2.12. The standard InChI is InChI=1S/C13H25NO/c1-12(2,7-8-14)13(9-15-10-13)11-5-3-4-6-11/h11H,3-10,14H2,1-2H3. The molecule has 1 heterocycles. The van der Waals surface area contributed by atoms with Gasteiger partial charge in [0.05, 0.1) is 13.2 Å². The van der Waals surface area contributed by atoms with Crippen molar-refractivity contribution in [2.75, 3.05) is 19.8 Å². The van der Waals surface area contributed by atoms with Crippen molar-refractivity contribution in [2.24, 2.45) is 22.5 Å². The van der Waals surface area contributed by atoms with Crippen LogP contribution in [0.1, 0.15) is 46.0 Å². The summed E-state index contributed by atoms with van der Waals surface area (Å²) in [5, 5.41) is 0. The fraction of sp³-hybridized carbons (Fsp3) is 1.00. The predicted octanol–water partition coefficient (Wildman–Crippen LogP) is 2.57. The first-order valence-electron chi connectivity index (χ1n) is 6.40. The Morgan fingerprint density at radius 2 is 1.87 bits per heavy atom. The molecule has 0 aromatic carbocycles. The Morgan fingerprint density at radius 3 is 2.27 bits per heavy atom. The Labute approximate surface area is 93.6 Å². The van der Waals surface area contributed by atoms with Gasteiger partial charge in [0.15, 0.2) is 0 Å². The van der Waals surface area contributed by atoms with E-state index >= 15 is 0 Å². The van der Waals surface area contributed by atoms with Gasteiger partial charge in [0.1, 0.15) is 0 Å². The van der Waals surface area contributed by atoms with Gasteiger partial charge in [0.25, 0.3) is 0 Å². The topological polar surface area (TPSA) is 35.2 Å². The van der Waals surface area contributed by atoms with Gasteiger partial charge in [0.2, 0.25) is 0 Å². The summed E-state index contributed by atoms with van der Waals surface area (Å²) in [7, 11) is 0. The average Bonchev–Trinajstić information content (AvgIpc) is 2.53. The van der Waals surface area contributed by atoms with E-state index in [9.17, 15) is 0 Å². The maximum absolute atomic E-state index is 5.75. The molecule has 0 unspecified atom stereocenters. The zero-order chi connectivity index (χ0) is 10.9. The van der Waals surface area contributed by atoms with Crippen LogP contribution in [0.25, 0.3) is 0 Å². The summed E-state index contributed by atoms with van der Waals surface area (Å²) in [5.41, 5.74) is 6.55. The molecule has 1 saturated heterocycles. The van der Waals surface area contributed by atoms with Crippen LogP contribution < -0.4 is 5.73 Å². The van der Waals surface area contributed by atoms with E-state index in [0.717, 1.165) is 32.1 Å². The van der Waals surface area contributed by atoms with Crippen LogP contribution in [-0.4, -0.2) is 19.8 Å². The molecule has 1 aliphatic heterocycles. The number of ether oxygens (including phenoxy) is 1. The van der Waals surface area contributed by atoms with Crippen molar-refractivity contribution >= 4 is 0 Å². The Kier molecular flexibility index (Phi) is 3.09. The zero-order valence-corrected chi connectivity index (χ0v) is 10.2. The molecule has 0 aromatic heterocycles. The quantitative estimate of drug-likeness (QED) is 0.775. The molecule has 1 saturated carbocycles. The molecule has 0 amide bonds. The van der Waals surface area contributed by atoms with Crippen LogP contribution in [0, 0.1) is 16.7 Å². The molecule has 2 N–H and O–H groups in total. The van der Waals surface area contributed by atoms with Crippen LogP contribution >= 0.6 is 0 Å². The molecule has 2 fully saturated rings. The Hall–Kier alpha value is -0.0800. The molecule has 15 heavy (non-hydrogen) atoms. The minimum atomic E-state index is 0.356. The number of rotatable bonds is 4. The van der Waals surface area contributed by atoms with Crippen molar-refractivity contribution in [3.05, 3.63) is 0 Å². The van der Waals surface area contributed by atoms with Crippen LogP contribution in [0.2, 0.25) is 0 Å². The summed E-state index contributed by atoms with van der Waals surface area (Å²) >= 11 is 0. The van der Waals surface area contributed by atoms with Gasteiger partial charge in [-0.25, -0.2) is 0 Å². The van der Waals surface area contributed by atoms with Gasteiger partial charge in [-0.3, -0.25) is 0 Å². The van der Waals surface area contributed by atoms with Crippen molar-refractivity contribution in [1.82, 2.24) is 0 Å². The number of nitrogens with two attached hydrogens (primary N) is 1. The molecule has 2 heteroatoms. The fourth-order valence-electron chi connectivity index (χ4n) is 3.59. The lowest BCUT2D eigenvalue weighted by Crippen LogP contribution is -2.57. The summed E-state index contributed by atoms with van der Waals surface area (Å²) in [5.74, 6) is 0.896. The van der Waals surface area contributed by atoms with Gasteiger partial charge in [-0.2, -0.15) is 0 Å². The predicted molar refractivity (Wildman–Crippen MR) is 62.7 cm³/mol. The van der Waals surface area contributed by atoms with Crippen LogP contribution in [0.3, 0.4) is 0 Å². The van der Waals surface area contributed by atoms with Crippen LogP contribution in [-0.2, 0) is 4.74 Å². The van der Waals surface area contributed by atoms with Gasteiger partial charge >= 0.3 is 0 Å². The van der Waals surface area contributed by atoms with Crippen LogP contribution in [0.15, 0.2) is 0 Å². The van der Waals surface area contributed by atoms with Crippen LogP contribution in [0.4, 0.5) is 0 Å². The van der Waals surface area contributed by atoms with Gasteiger partial charge < -0.3 is 10.5 Å². The highest BCUT2D eigenvalue weighted by Crippen LogP contribution is 2.56. The minimum absolute atomic E-state index is 0.356. The van der Waals surface area contributed by atoms with Gasteiger partial charge in [-0.1, -0.05) is 26.7 Å². The summed E-state index contributed by atoms with van der Waals surface area (Å²) in [4.78, 5) is 0. The number of hydrogen-bond donors (Lipinski definition) is 1. The SMILES string of the molecule is CC(C)(CCN)C1(C2CCCC2)COC1. The maximum Gasteiger partial charge on any atom is 0.0552 e. The average molecular weight is 211 g/mol. The second-order valence-corrected chi connectivity index (χ2v) is 6.05. The molecule has 1 aliphatic carbocycles. The molecule has 2 nitrogen and oxygen atoms in total. The third-order valence-electron chi connectivity index (χ3n) is 4.97. The Morgan fingerprint density at radius 1 is 1.27 bits per heavy atom. The van der Waals surface area contributed by atoms with E-state index in [-0.39, 0.29) is 0 Å². The normalized spacial score (nSPS) is 26.6. The lowest BCUT2D eigenvalue weighted by Gasteiger charge is -2.56. The van der Waals surface area contributed by atoms with E-state index in [0.29, 0.717) is 10.8 Å². The van der Waals surface area contributed by atoms with Crippen LogP contribution in [0.5, 0.6) is 0 Å². The lowest BCUT2D eigenvalue weighted by atomic mass is 9.56. The molecule has 0 atom stereocenters. The summed E-state index contributed by atoms with van der Waals surface area (Å²) in [6.07, 6.45) is 6.80. The molecule has 88 valence electrons. The van der Waals surface area contributed by atoms with E-state index < -0.39 is 0 Å². The van der Waals surface area contributed by atoms with Gasteiger partial charge in [-0.05, 0) is 37.1 Å². The third-order valence-corrected chi connectivity index (χ3v) is 4.97. The van der Waals surface area contributed by atoms with E-state index in [2.05, 4.69) is 13.8 Å². The fourth-order valence-corrected chi connectivity index (χ4v) is 3.59. The van der Waals surface area contributed by atoms with Crippen molar-refractivity contribution in [2.45, 2.75) is 46.0 Å². The van der Waals surface area contributed by atoms with Crippen molar-refractivity contribution in [1.29, 1.82) is 0 Å². The highest BCUT2D eigenvalue weighted by molar-refractivity contribution is 5.02. The summed E-state index contributed by atoms with van der Waals surface area (Å²) in [6.45, 7) is 7.54. The first kappa shape index (κ1) is 11.4. The molecule has 2 rings (SSSR count). The number of hydrogen-bond acceptors (Lipinski definition) is 2. The van der Waals surface area contributed by atoms with Crippen molar-refractivity contribution < 1.29 is 4.74 Å². The largest absolute Gasteiger partial charge is 0.380 e. The summed E-state index contributed by atoms with van der Waals surface area (Å²) in [6, 6.07) is 0. The van der Waals surface area contributed by atoms with Gasteiger partial charge in [0, 0.05) is 5.41 Å². The zero-order valence-electron chi connectivity index (χ0n) is 10.2. The monoisotopic (exact) mass is 211 g/mol. The van der Waals surface area contributed by atoms with E-state index in [1.807, 2.05) is 0 Å². The lowest BCUT2D eigenvalue weighted by molar-refractivity contribution is -0.207. The second-order valence-electron chi connectivity index (χ2n) is 6.05. The molecular formula is C13H25NO. The van der Waals surface area contributed by atoms with E-state index in [1.165, 1.54) is 25.7 Å². The highest BCUT2D eigenvalue weighted by Gasteiger charge is 2.55. The molecule has 0 spiro atoms. The molecule has 2 aliphatic rings. The first-order chi connectivity index (χ1) is 7.12. The third kappa shape index (κ3) is 1.72. The molecule has 0 radical (unpaired) electrons. The smallest absolute Gasteiger partial charge is 0.0552 e. The maximum atomic E-state index is 5.75. The molecular weight excluding hydrogens is 186 g/mol. The Bertz CT molecular complexity index is 215. The summed E-state index contributed by atoms with van der Waals surface area (Å²) < 4.78 is 5.54. The molecule has 0 bridgehead atoms.